The molecule has 0 radical (unpaired) electrons. The van der Waals surface area contributed by atoms with Crippen LogP contribution in [0, 0.1) is 13.8 Å². The topological polar surface area (TPSA) is 55.8 Å². The zero-order valence-corrected chi connectivity index (χ0v) is 8.98. The van der Waals surface area contributed by atoms with E-state index in [0.717, 1.165) is 11.1 Å². The van der Waals surface area contributed by atoms with Crippen LogP contribution in [0.2, 0.25) is 0 Å². The smallest absolute Gasteiger partial charge is 0.375 e. The van der Waals surface area contributed by atoms with Crippen LogP contribution in [0.3, 0.4) is 0 Å². The number of hydrogen-bond acceptors (Lipinski definition) is 4. The van der Waals surface area contributed by atoms with Gasteiger partial charge in [0.1, 0.15) is 5.75 Å². The van der Waals surface area contributed by atoms with Crippen LogP contribution in [0.1, 0.15) is 11.1 Å². The van der Waals surface area contributed by atoms with Crippen LogP contribution in [0.15, 0.2) is 18.2 Å². The number of aryl methyl sites for hydroxylation is 2. The predicted molar refractivity (Wildman–Crippen MR) is 54.6 cm³/mol. The average Bonchev–Trinajstić information content (AvgIpc) is 2.14. The SMILES string of the molecule is COC(=O)C(O)Oc1cc(C)cc(C)c1. The van der Waals surface area contributed by atoms with Crippen molar-refractivity contribution in [3.63, 3.8) is 0 Å². The lowest BCUT2D eigenvalue weighted by Crippen LogP contribution is -2.27. The van der Waals surface area contributed by atoms with Crippen LogP contribution < -0.4 is 4.74 Å². The maximum Gasteiger partial charge on any atom is 0.375 e. The zero-order valence-electron chi connectivity index (χ0n) is 8.98. The molecular formula is C11H14O4. The van der Waals surface area contributed by atoms with Crippen molar-refractivity contribution in [2.24, 2.45) is 0 Å². The van der Waals surface area contributed by atoms with Gasteiger partial charge in [0, 0.05) is 0 Å². The number of aliphatic hydroxyl groups is 1. The molecule has 0 aliphatic heterocycles. The van der Waals surface area contributed by atoms with E-state index in [1.54, 1.807) is 12.1 Å². The zero-order chi connectivity index (χ0) is 11.4. The third-order valence-corrected chi connectivity index (χ3v) is 1.85. The first-order valence-corrected chi connectivity index (χ1v) is 4.54. The van der Waals surface area contributed by atoms with Gasteiger partial charge in [-0.05, 0) is 37.1 Å². The van der Waals surface area contributed by atoms with Crippen molar-refractivity contribution in [1.29, 1.82) is 0 Å². The first-order chi connectivity index (χ1) is 7.02. The highest BCUT2D eigenvalue weighted by atomic mass is 16.6. The van der Waals surface area contributed by atoms with E-state index in [2.05, 4.69) is 4.74 Å². The molecule has 1 aromatic carbocycles. The van der Waals surface area contributed by atoms with Crippen molar-refractivity contribution in [2.45, 2.75) is 20.1 Å². The van der Waals surface area contributed by atoms with Crippen molar-refractivity contribution in [2.75, 3.05) is 7.11 Å². The van der Waals surface area contributed by atoms with Crippen LogP contribution in [0.4, 0.5) is 0 Å². The molecule has 1 atom stereocenters. The fourth-order valence-corrected chi connectivity index (χ4v) is 1.28. The molecule has 0 aromatic heterocycles. The highest BCUT2D eigenvalue weighted by Crippen LogP contribution is 2.17. The Hall–Kier alpha value is -1.55. The number of carbonyl (C=O) groups excluding carboxylic acids is 1. The van der Waals surface area contributed by atoms with E-state index >= 15 is 0 Å². The Labute approximate surface area is 88.4 Å². The molecule has 1 unspecified atom stereocenters. The largest absolute Gasteiger partial charge is 0.464 e. The van der Waals surface area contributed by atoms with Gasteiger partial charge in [-0.15, -0.1) is 0 Å². The third kappa shape index (κ3) is 3.25. The molecule has 4 heteroatoms. The summed E-state index contributed by atoms with van der Waals surface area (Å²) in [6, 6.07) is 5.44. The summed E-state index contributed by atoms with van der Waals surface area (Å²) in [6.07, 6.45) is -1.57. The van der Waals surface area contributed by atoms with Gasteiger partial charge in [-0.3, -0.25) is 0 Å². The Bertz CT molecular complexity index is 339. The molecule has 0 aliphatic carbocycles. The van der Waals surface area contributed by atoms with E-state index in [1.807, 2.05) is 19.9 Å². The summed E-state index contributed by atoms with van der Waals surface area (Å²) in [5.41, 5.74) is 2.00. The molecule has 82 valence electrons. The Kier molecular flexibility index (Phi) is 3.68. The van der Waals surface area contributed by atoms with Crippen molar-refractivity contribution >= 4 is 5.97 Å². The molecule has 0 fully saturated rings. The summed E-state index contributed by atoms with van der Waals surface area (Å²) in [5, 5.41) is 9.26. The summed E-state index contributed by atoms with van der Waals surface area (Å²) >= 11 is 0. The molecule has 1 N–H and O–H groups in total. The molecular weight excluding hydrogens is 196 g/mol. The van der Waals surface area contributed by atoms with E-state index in [4.69, 9.17) is 4.74 Å². The van der Waals surface area contributed by atoms with Gasteiger partial charge in [0.25, 0.3) is 6.29 Å². The first-order valence-electron chi connectivity index (χ1n) is 4.54. The van der Waals surface area contributed by atoms with Crippen LogP contribution in [0.25, 0.3) is 0 Å². The van der Waals surface area contributed by atoms with E-state index < -0.39 is 12.3 Å². The first kappa shape index (κ1) is 11.5. The van der Waals surface area contributed by atoms with Crippen LogP contribution in [0.5, 0.6) is 5.75 Å². The number of aliphatic hydroxyl groups excluding tert-OH is 1. The Balaban J connectivity index is 2.76. The second-order valence-electron chi connectivity index (χ2n) is 3.32. The molecule has 0 amide bonds. The average molecular weight is 210 g/mol. The van der Waals surface area contributed by atoms with Crippen LogP contribution in [-0.4, -0.2) is 24.5 Å². The lowest BCUT2D eigenvalue weighted by atomic mass is 10.1. The normalized spacial score (nSPS) is 12.0. The van der Waals surface area contributed by atoms with Crippen molar-refractivity contribution in [3.05, 3.63) is 29.3 Å². The van der Waals surface area contributed by atoms with E-state index in [-0.39, 0.29) is 0 Å². The van der Waals surface area contributed by atoms with Gasteiger partial charge < -0.3 is 14.6 Å². The number of hydrogen-bond donors (Lipinski definition) is 1. The van der Waals surface area contributed by atoms with Crippen molar-refractivity contribution in [1.82, 2.24) is 0 Å². The fourth-order valence-electron chi connectivity index (χ4n) is 1.28. The second kappa shape index (κ2) is 4.79. The number of rotatable bonds is 3. The molecule has 1 rings (SSSR count). The lowest BCUT2D eigenvalue weighted by Gasteiger charge is -2.12. The summed E-state index contributed by atoms with van der Waals surface area (Å²) in [5.74, 6) is -0.362. The molecule has 1 aromatic rings. The van der Waals surface area contributed by atoms with E-state index in [0.29, 0.717) is 5.75 Å². The van der Waals surface area contributed by atoms with E-state index in [1.165, 1.54) is 7.11 Å². The molecule has 0 bridgehead atoms. The van der Waals surface area contributed by atoms with Crippen LogP contribution in [-0.2, 0) is 9.53 Å². The maximum atomic E-state index is 10.9. The Morgan fingerprint density at radius 1 is 1.27 bits per heavy atom. The standard InChI is InChI=1S/C11H14O4/c1-7-4-8(2)6-9(5-7)15-11(13)10(12)14-3/h4-6,11,13H,1-3H3. The molecule has 0 saturated heterocycles. The van der Waals surface area contributed by atoms with E-state index in [9.17, 15) is 9.90 Å². The van der Waals surface area contributed by atoms with Gasteiger partial charge in [0.05, 0.1) is 7.11 Å². The quantitative estimate of drug-likeness (QED) is 0.601. The minimum atomic E-state index is -1.57. The third-order valence-electron chi connectivity index (χ3n) is 1.85. The van der Waals surface area contributed by atoms with Gasteiger partial charge in [-0.25, -0.2) is 4.79 Å². The van der Waals surface area contributed by atoms with Crippen molar-refractivity contribution < 1.29 is 19.4 Å². The molecule has 0 heterocycles. The molecule has 0 spiro atoms. The highest BCUT2D eigenvalue weighted by Gasteiger charge is 2.17. The van der Waals surface area contributed by atoms with Gasteiger partial charge in [0.15, 0.2) is 0 Å². The van der Waals surface area contributed by atoms with Crippen LogP contribution >= 0.6 is 0 Å². The Morgan fingerprint density at radius 2 is 1.80 bits per heavy atom. The van der Waals surface area contributed by atoms with Crippen molar-refractivity contribution in [3.8, 4) is 5.75 Å². The summed E-state index contributed by atoms with van der Waals surface area (Å²) < 4.78 is 9.34. The monoisotopic (exact) mass is 210 g/mol. The molecule has 0 saturated carbocycles. The minimum Gasteiger partial charge on any atom is -0.464 e. The maximum absolute atomic E-state index is 10.9. The predicted octanol–water partition coefficient (Wildman–Crippen LogP) is 1.17. The number of carbonyl (C=O) groups is 1. The molecule has 4 nitrogen and oxygen atoms in total. The summed E-state index contributed by atoms with van der Waals surface area (Å²) in [7, 11) is 1.19. The van der Waals surface area contributed by atoms with Gasteiger partial charge >= 0.3 is 5.97 Å². The van der Waals surface area contributed by atoms with Gasteiger partial charge in [-0.1, -0.05) is 6.07 Å². The molecule has 0 aliphatic rings. The molecule has 15 heavy (non-hydrogen) atoms. The van der Waals surface area contributed by atoms with Gasteiger partial charge in [-0.2, -0.15) is 0 Å². The summed E-state index contributed by atoms with van der Waals surface area (Å²) in [4.78, 5) is 10.9. The summed E-state index contributed by atoms with van der Waals surface area (Å²) in [6.45, 7) is 3.81. The fraction of sp³-hybridized carbons (Fsp3) is 0.364. The highest BCUT2D eigenvalue weighted by molar-refractivity contribution is 5.73. The number of ether oxygens (including phenoxy) is 2. The number of esters is 1. The number of methoxy groups -OCH3 is 1. The van der Waals surface area contributed by atoms with Gasteiger partial charge in [0.2, 0.25) is 0 Å². The lowest BCUT2D eigenvalue weighted by molar-refractivity contribution is -0.165. The second-order valence-corrected chi connectivity index (χ2v) is 3.32. The Morgan fingerprint density at radius 3 is 2.27 bits per heavy atom. The minimum absolute atomic E-state index is 0.449. The number of benzene rings is 1.